The van der Waals surface area contributed by atoms with Gasteiger partial charge in [0, 0.05) is 38.7 Å². The Hall–Kier alpha value is -2.31. The smallest absolute Gasteiger partial charge is 0.512 e. The van der Waals surface area contributed by atoms with Gasteiger partial charge in [0.25, 0.3) is 0 Å². The van der Waals surface area contributed by atoms with E-state index in [-0.39, 0.29) is 75.8 Å². The summed E-state index contributed by atoms with van der Waals surface area (Å²) >= 11 is 10.8. The second-order valence-corrected chi connectivity index (χ2v) is 27.7. The Kier molecular flexibility index (Phi) is 50.5. The largest absolute Gasteiger partial charge is 1.00 e. The van der Waals surface area contributed by atoms with Crippen LogP contribution < -0.4 is 60.8 Å². The average Bonchev–Trinajstić information content (AvgIpc) is 3.22. The Morgan fingerprint density at radius 1 is 0.500 bits per heavy atom. The molecule has 0 unspecified atom stereocenters. The summed E-state index contributed by atoms with van der Waals surface area (Å²) in [7, 11) is -8.15. The monoisotopic (exact) mass is 1210 g/mol. The zero-order valence-electron chi connectivity index (χ0n) is 47.4. The fraction of sp³-hybridized carbons (Fsp3) is 0.837. The van der Waals surface area contributed by atoms with Crippen molar-refractivity contribution in [3.63, 3.8) is 0 Å². The molecule has 0 saturated heterocycles. The Labute approximate surface area is 497 Å². The van der Waals surface area contributed by atoms with Crippen molar-refractivity contribution in [3.05, 3.63) is 6.57 Å². The van der Waals surface area contributed by atoms with Crippen LogP contribution in [0, 0.1) is 34.5 Å². The number of halogens is 2. The molecule has 0 aromatic carbocycles. The van der Waals surface area contributed by atoms with Crippen molar-refractivity contribution in [3.8, 4) is 12.1 Å². The normalized spacial score (nSPS) is 11.3. The van der Waals surface area contributed by atoms with Crippen LogP contribution in [0.15, 0.2) is 0 Å². The van der Waals surface area contributed by atoms with E-state index in [0.29, 0.717) is 78.2 Å². The molecule has 2 N–H and O–H groups in total. The van der Waals surface area contributed by atoms with Gasteiger partial charge in [-0.15, -0.1) is 23.2 Å². The van der Waals surface area contributed by atoms with Gasteiger partial charge < -0.3 is 35.5 Å². The SMILES string of the molecule is CC(C)(C)OC(=O)OC(=O)OC(C)(C)C.CN(C(=O)OC(C)(C)C)S(=O)(=O)CCCCC#N.CN(C(=O)OC(C)(C)C)S(=O)(=O)CCCCCl.CNS(=O)(=O)CCCCC#N.CNS(=O)(=O)CCCCCl.[C-]#N.[H+].[K+]. The van der Waals surface area contributed by atoms with Crippen LogP contribution in [0.2, 0.25) is 0 Å². The van der Waals surface area contributed by atoms with Crippen LogP contribution in [0.5, 0.6) is 0 Å². The van der Waals surface area contributed by atoms with Gasteiger partial charge in [0.15, 0.2) is 0 Å². The second-order valence-electron chi connectivity index (χ2n) is 18.6. The molecule has 0 rings (SSSR count). The van der Waals surface area contributed by atoms with E-state index in [2.05, 4.69) is 14.2 Å². The molecule has 31 heteroatoms. The molecular formula is C43H83Cl2KN7O17S4+. The van der Waals surface area contributed by atoms with Gasteiger partial charge in [-0.3, -0.25) is 0 Å². The minimum Gasteiger partial charge on any atom is -0.512 e. The van der Waals surface area contributed by atoms with Gasteiger partial charge in [0.05, 0.1) is 35.1 Å². The summed E-state index contributed by atoms with van der Waals surface area (Å²) in [5.41, 5.74) is -2.84. The summed E-state index contributed by atoms with van der Waals surface area (Å²) < 4.78 is 119. The topological polar surface area (TPSA) is 353 Å². The quantitative estimate of drug-likeness (QED) is 0.0310. The van der Waals surface area contributed by atoms with E-state index in [9.17, 15) is 52.8 Å². The zero-order valence-corrected chi connectivity index (χ0v) is 54.3. The van der Waals surface area contributed by atoms with E-state index < -0.39 is 87.0 Å². The van der Waals surface area contributed by atoms with Crippen LogP contribution in [0.25, 0.3) is 0 Å². The number of sulfonamides is 4. The number of amides is 2. The van der Waals surface area contributed by atoms with E-state index in [4.69, 9.17) is 64.5 Å². The molecule has 0 aliphatic carbocycles. The molecule has 0 aromatic heterocycles. The third kappa shape index (κ3) is 60.6. The number of ether oxygens (including phenoxy) is 5. The number of hydrogen-bond donors (Lipinski definition) is 2. The summed E-state index contributed by atoms with van der Waals surface area (Å²) in [5, 5.41) is 22.7. The maximum atomic E-state index is 11.8. The van der Waals surface area contributed by atoms with Crippen LogP contribution in [0.3, 0.4) is 0 Å². The standard InChI is InChI=1S/C11H20N2O4S.C10H20ClNO4S.C10H18O5.C6H12N2O2S.C5H12ClNO2S.CN.K/c1-11(2,3)17-10(14)13(4)18(15,16)9-7-5-6-8-12;1-10(2,3)16-9(13)12(4)17(14,15)8-6-5-7-11;1-9(2,3)14-7(11)13-8(12)15-10(4,5)6;1-8-11(9,10)6-4-2-3-5-7;1-7-10(8,9)5-3-2-4-6;1-2;/h5-7,9H2,1-4H3;5-8H2,1-4H3;1-6H3;8H,2-4,6H2,1H3;7H,2-5H2,1H3;;/q;;;;;-1;+1/p+1. The van der Waals surface area contributed by atoms with Gasteiger partial charge in [-0.25, -0.2) is 70.9 Å². The number of carbonyl (C=O) groups excluding carboxylic acids is 4. The number of unbranched alkanes of at least 4 members (excludes halogenated alkanes) is 6. The van der Waals surface area contributed by atoms with Crippen molar-refractivity contribution in [2.75, 3.05) is 63.0 Å². The summed E-state index contributed by atoms with van der Waals surface area (Å²) in [6.45, 7) is 24.8. The summed E-state index contributed by atoms with van der Waals surface area (Å²) in [5.74, 6) is 0.964. The first kappa shape index (κ1) is 85.6. The van der Waals surface area contributed by atoms with Crippen LogP contribution >= 0.6 is 23.2 Å². The van der Waals surface area contributed by atoms with Crippen molar-refractivity contribution in [1.29, 1.82) is 15.8 Å². The predicted octanol–water partition coefficient (Wildman–Crippen LogP) is 4.95. The molecule has 0 spiro atoms. The number of nitrogens with one attached hydrogen (secondary N) is 2. The van der Waals surface area contributed by atoms with Crippen molar-refractivity contribution in [2.24, 2.45) is 0 Å². The van der Waals surface area contributed by atoms with Crippen LogP contribution in [-0.4, -0.2) is 152 Å². The zero-order chi connectivity index (χ0) is 59.1. The Bertz CT molecular complexity index is 2130. The van der Waals surface area contributed by atoms with E-state index >= 15 is 0 Å². The first-order valence-electron chi connectivity index (χ1n) is 22.4. The number of rotatable bonds is 20. The first-order chi connectivity index (χ1) is 32.9. The van der Waals surface area contributed by atoms with Gasteiger partial charge in [-0.2, -0.15) is 10.5 Å². The van der Waals surface area contributed by atoms with Gasteiger partial charge in [-0.05, 0) is 149 Å². The van der Waals surface area contributed by atoms with Gasteiger partial charge >= 0.3 is 77.3 Å². The molecule has 2 amide bonds. The molecule has 0 saturated carbocycles. The number of nitrogens with zero attached hydrogens (tertiary/aromatic N) is 5. The van der Waals surface area contributed by atoms with Gasteiger partial charge in [-0.1, -0.05) is 0 Å². The Morgan fingerprint density at radius 3 is 0.973 bits per heavy atom. The molecule has 0 bridgehead atoms. The van der Waals surface area contributed by atoms with Crippen molar-refractivity contribution >= 4 is 87.8 Å². The van der Waals surface area contributed by atoms with Crippen molar-refractivity contribution in [2.45, 2.75) is 170 Å². The minimum atomic E-state index is -3.66. The van der Waals surface area contributed by atoms with Crippen molar-refractivity contribution in [1.82, 2.24) is 18.1 Å². The van der Waals surface area contributed by atoms with E-state index in [1.54, 1.807) is 83.1 Å². The van der Waals surface area contributed by atoms with Crippen LogP contribution in [0.1, 0.15) is 149 Å². The molecule has 0 fully saturated rings. The average molecular weight is 1210 g/mol. The number of alkyl halides is 2. The molecule has 430 valence electrons. The summed E-state index contributed by atoms with van der Waals surface area (Å²) in [6, 6.07) is 3.89. The maximum Gasteiger partial charge on any atom is 1.00 e. The molecule has 0 aliphatic heterocycles. The summed E-state index contributed by atoms with van der Waals surface area (Å²) in [6.07, 6.45) is 1.34. The maximum absolute atomic E-state index is 11.8. The van der Waals surface area contributed by atoms with E-state index in [1.807, 2.05) is 12.1 Å². The van der Waals surface area contributed by atoms with Crippen LogP contribution in [-0.2, 0) is 63.8 Å². The van der Waals surface area contributed by atoms with E-state index in [0.717, 1.165) is 6.42 Å². The van der Waals surface area contributed by atoms with Gasteiger partial charge in [0.1, 0.15) is 22.4 Å². The molecule has 0 aromatic rings. The fourth-order valence-corrected chi connectivity index (χ4v) is 7.89. The van der Waals surface area contributed by atoms with Crippen molar-refractivity contribution < 1.29 is 129 Å². The third-order valence-electron chi connectivity index (χ3n) is 7.18. The molecular weight excluding hydrogens is 1120 g/mol. The third-order valence-corrected chi connectivity index (χ3v) is 14.2. The molecule has 0 radical (unpaired) electrons. The first-order valence-corrected chi connectivity index (χ1v) is 30.0. The number of carbonyl (C=O) groups is 4. The summed E-state index contributed by atoms with van der Waals surface area (Å²) in [4.78, 5) is 45.1. The minimum absolute atomic E-state index is 0. The molecule has 0 atom stereocenters. The second kappa shape index (κ2) is 43.6. The van der Waals surface area contributed by atoms with E-state index in [1.165, 1.54) is 28.2 Å². The Morgan fingerprint density at radius 2 is 0.743 bits per heavy atom. The number of hydrogen-bond acceptors (Lipinski definition) is 20. The van der Waals surface area contributed by atoms with Gasteiger partial charge in [0.2, 0.25) is 40.1 Å². The predicted molar refractivity (Wildman–Crippen MR) is 280 cm³/mol. The molecule has 0 heterocycles. The molecule has 0 aliphatic rings. The Balaban J connectivity index is -0.000000125. The number of nitriles is 2. The molecule has 74 heavy (non-hydrogen) atoms. The molecule has 24 nitrogen and oxygen atoms in total. The van der Waals surface area contributed by atoms with Crippen LogP contribution in [0.4, 0.5) is 19.2 Å². The fourth-order valence-electron chi connectivity index (χ4n) is 3.72.